The molecule has 0 bridgehead atoms. The van der Waals surface area contributed by atoms with Gasteiger partial charge in [0.15, 0.2) is 5.96 Å². The molecular weight excluding hydrogens is 342 g/mol. The Hall–Kier alpha value is -2.32. The monoisotopic (exact) mass is 373 g/mol. The number of hydrogen-bond acceptors (Lipinski definition) is 6. The average molecular weight is 373 g/mol. The predicted molar refractivity (Wildman–Crippen MR) is 95.5 cm³/mol. The van der Waals surface area contributed by atoms with Crippen LogP contribution >= 0.6 is 0 Å². The van der Waals surface area contributed by atoms with E-state index < -0.39 is 46.5 Å². The summed E-state index contributed by atoms with van der Waals surface area (Å²) >= 11 is 0. The van der Waals surface area contributed by atoms with Crippen LogP contribution in [0.5, 0.6) is 0 Å². The highest BCUT2D eigenvalue weighted by Gasteiger charge is 2.59. The van der Waals surface area contributed by atoms with Crippen molar-refractivity contribution >= 4 is 23.9 Å². The van der Waals surface area contributed by atoms with Gasteiger partial charge in [0.1, 0.15) is 17.1 Å². The van der Waals surface area contributed by atoms with Gasteiger partial charge < -0.3 is 25.6 Å². The maximum atomic E-state index is 12.8. The highest BCUT2D eigenvalue weighted by Crippen LogP contribution is 2.30. The maximum absolute atomic E-state index is 12.8. The Kier molecular flexibility index (Phi) is 7.63. The van der Waals surface area contributed by atoms with Crippen molar-refractivity contribution in [1.29, 1.82) is 5.41 Å². The van der Waals surface area contributed by atoms with Gasteiger partial charge in [0, 0.05) is 0 Å². The molecule has 26 heavy (non-hydrogen) atoms. The molecule has 9 nitrogen and oxygen atoms in total. The lowest BCUT2D eigenvalue weighted by Crippen LogP contribution is -2.68. The zero-order chi connectivity index (χ0) is 20.9. The van der Waals surface area contributed by atoms with E-state index in [1.807, 2.05) is 0 Å². The van der Waals surface area contributed by atoms with E-state index in [9.17, 15) is 19.5 Å². The number of ether oxygens (including phenoxy) is 2. The summed E-state index contributed by atoms with van der Waals surface area (Å²) in [5.74, 6) is -5.99. The Morgan fingerprint density at radius 3 is 1.85 bits per heavy atom. The van der Waals surface area contributed by atoms with Crippen molar-refractivity contribution < 1.29 is 29.0 Å². The fourth-order valence-corrected chi connectivity index (χ4v) is 2.31. The van der Waals surface area contributed by atoms with E-state index in [1.54, 1.807) is 48.5 Å². The second kappa shape index (κ2) is 8.37. The van der Waals surface area contributed by atoms with Crippen LogP contribution in [0.3, 0.4) is 0 Å². The molecule has 0 aromatic heterocycles. The van der Waals surface area contributed by atoms with Crippen LogP contribution in [0.1, 0.15) is 61.3 Å². The molecule has 0 heterocycles. The molecule has 0 spiro atoms. The zero-order valence-corrected chi connectivity index (χ0v) is 16.6. The van der Waals surface area contributed by atoms with Gasteiger partial charge in [-0.3, -0.25) is 10.2 Å². The number of rotatable bonds is 7. The fourth-order valence-electron chi connectivity index (χ4n) is 2.31. The largest absolute Gasteiger partial charge is 0.479 e. The van der Waals surface area contributed by atoms with E-state index in [2.05, 4.69) is 5.32 Å². The van der Waals surface area contributed by atoms with Crippen LogP contribution in [-0.4, -0.2) is 45.7 Å². The first kappa shape index (κ1) is 23.7. The molecule has 5 N–H and O–H groups in total. The first-order chi connectivity index (χ1) is 11.6. The molecule has 9 heteroatoms. The molecule has 0 aliphatic carbocycles. The third kappa shape index (κ3) is 6.53. The van der Waals surface area contributed by atoms with Gasteiger partial charge in [-0.05, 0) is 48.0 Å². The number of carboxylic acids is 1. The second-order valence-corrected chi connectivity index (χ2v) is 8.03. The Balaban J connectivity index is 6.34. The molecule has 0 aromatic carbocycles. The summed E-state index contributed by atoms with van der Waals surface area (Å²) in [6, 6.07) is 0. The lowest BCUT2D eigenvalue weighted by molar-refractivity contribution is -0.183. The van der Waals surface area contributed by atoms with Gasteiger partial charge in [0.05, 0.1) is 0 Å². The number of nitrogens with two attached hydrogens (primary N) is 1. The lowest BCUT2D eigenvalue weighted by atomic mass is 9.80. The van der Waals surface area contributed by atoms with Crippen LogP contribution < -0.4 is 11.1 Å². The molecule has 150 valence electrons. The third-order valence-electron chi connectivity index (χ3n) is 3.18. The number of carboxylic acid groups (broad SMARTS) is 1. The zero-order valence-electron chi connectivity index (χ0n) is 16.6. The molecule has 0 saturated carbocycles. The van der Waals surface area contributed by atoms with E-state index in [1.165, 1.54) is 0 Å². The first-order valence-electron chi connectivity index (χ1n) is 8.38. The molecule has 0 fully saturated rings. The molecule has 0 rings (SSSR count). The van der Waals surface area contributed by atoms with Crippen LogP contribution in [-0.2, 0) is 23.9 Å². The number of aliphatic carboxylic acids is 1. The Bertz CT molecular complexity index is 562. The van der Waals surface area contributed by atoms with Crippen LogP contribution in [0.2, 0.25) is 0 Å². The van der Waals surface area contributed by atoms with Crippen LogP contribution in [0.25, 0.3) is 0 Å². The molecule has 0 amide bonds. The predicted octanol–water partition coefficient (Wildman–Crippen LogP) is 1.39. The summed E-state index contributed by atoms with van der Waals surface area (Å²) in [6.45, 7) is 11.3. The maximum Gasteiger partial charge on any atom is 0.345 e. The van der Waals surface area contributed by atoms with Gasteiger partial charge in [-0.1, -0.05) is 13.3 Å². The van der Waals surface area contributed by atoms with Gasteiger partial charge in [-0.25, -0.2) is 9.59 Å². The van der Waals surface area contributed by atoms with Crippen LogP contribution in [0, 0.1) is 11.3 Å². The lowest BCUT2D eigenvalue weighted by Gasteiger charge is -2.37. The molecule has 2 atom stereocenters. The van der Waals surface area contributed by atoms with Crippen LogP contribution in [0.15, 0.2) is 0 Å². The molecule has 0 aliphatic heterocycles. The topological polar surface area (TPSA) is 152 Å². The minimum absolute atomic E-state index is 0.0146. The Morgan fingerprint density at radius 1 is 1.08 bits per heavy atom. The second-order valence-electron chi connectivity index (χ2n) is 8.03. The van der Waals surface area contributed by atoms with Crippen molar-refractivity contribution in [1.82, 2.24) is 5.32 Å². The summed E-state index contributed by atoms with van der Waals surface area (Å²) in [7, 11) is 0. The molecular formula is C17H31N3O6. The summed E-state index contributed by atoms with van der Waals surface area (Å²) in [5, 5.41) is 19.5. The van der Waals surface area contributed by atoms with Gasteiger partial charge in [0.2, 0.25) is 5.54 Å². The van der Waals surface area contributed by atoms with E-state index in [4.69, 9.17) is 20.6 Å². The molecule has 0 saturated heterocycles. The van der Waals surface area contributed by atoms with Gasteiger partial charge in [0.25, 0.3) is 0 Å². The number of nitrogens with one attached hydrogen (secondary N) is 2. The summed E-state index contributed by atoms with van der Waals surface area (Å²) < 4.78 is 10.5. The van der Waals surface area contributed by atoms with E-state index in [-0.39, 0.29) is 6.42 Å². The summed E-state index contributed by atoms with van der Waals surface area (Å²) in [6.07, 6.45) is 0.405. The molecule has 0 aliphatic rings. The average Bonchev–Trinajstić information content (AvgIpc) is 2.37. The molecule has 2 unspecified atom stereocenters. The standard InChI is InChI=1S/C17H31N3O6/c1-8-9-10(11(21)25-15(2,3)4)17(12(22)23,20-14(18)19)13(24)26-16(5,6)7/h10H,8-9H2,1-7H3,(H,22,23)(H4,18,19,20). The van der Waals surface area contributed by atoms with Gasteiger partial charge >= 0.3 is 17.9 Å². The number of carbonyl (C=O) groups is 3. The molecule has 0 aromatic rings. The van der Waals surface area contributed by atoms with Gasteiger partial charge in [-0.15, -0.1) is 0 Å². The van der Waals surface area contributed by atoms with Crippen molar-refractivity contribution in [3.63, 3.8) is 0 Å². The minimum Gasteiger partial charge on any atom is -0.479 e. The SMILES string of the molecule is CCCC(C(=O)OC(C)(C)C)C(NC(=N)N)(C(=O)O)C(=O)OC(C)(C)C. The fraction of sp³-hybridized carbons (Fsp3) is 0.765. The summed E-state index contributed by atoms with van der Waals surface area (Å²) in [4.78, 5) is 37.7. The van der Waals surface area contributed by atoms with E-state index in [0.29, 0.717) is 6.42 Å². The van der Waals surface area contributed by atoms with Crippen LogP contribution in [0.4, 0.5) is 0 Å². The summed E-state index contributed by atoms with van der Waals surface area (Å²) in [5.41, 5.74) is 0.852. The normalized spacial score (nSPS) is 15.3. The van der Waals surface area contributed by atoms with E-state index >= 15 is 0 Å². The molecule has 0 radical (unpaired) electrons. The highest BCUT2D eigenvalue weighted by molar-refractivity contribution is 6.10. The van der Waals surface area contributed by atoms with Crippen molar-refractivity contribution in [2.24, 2.45) is 11.7 Å². The van der Waals surface area contributed by atoms with Crippen molar-refractivity contribution in [3.05, 3.63) is 0 Å². The van der Waals surface area contributed by atoms with Gasteiger partial charge in [-0.2, -0.15) is 0 Å². The van der Waals surface area contributed by atoms with Crippen molar-refractivity contribution in [3.8, 4) is 0 Å². The van der Waals surface area contributed by atoms with Crippen molar-refractivity contribution in [2.45, 2.75) is 78.0 Å². The quantitative estimate of drug-likeness (QED) is 0.226. The minimum atomic E-state index is -2.57. The smallest absolute Gasteiger partial charge is 0.345 e. The first-order valence-corrected chi connectivity index (χ1v) is 8.38. The highest BCUT2D eigenvalue weighted by atomic mass is 16.6. The number of hydrogen-bond donors (Lipinski definition) is 4. The van der Waals surface area contributed by atoms with E-state index in [0.717, 1.165) is 0 Å². The third-order valence-corrected chi connectivity index (χ3v) is 3.18. The number of guanidine groups is 1. The Labute approximate surface area is 154 Å². The van der Waals surface area contributed by atoms with Crippen molar-refractivity contribution in [2.75, 3.05) is 0 Å². The Morgan fingerprint density at radius 2 is 1.54 bits per heavy atom. The number of esters is 2. The number of carbonyl (C=O) groups excluding carboxylic acids is 2.